The summed E-state index contributed by atoms with van der Waals surface area (Å²) in [5.74, 6) is 0. The molecule has 0 bridgehead atoms. The van der Waals surface area contributed by atoms with E-state index in [1.807, 2.05) is 0 Å². The number of rotatable bonds is 9. The zero-order valence-electron chi connectivity index (χ0n) is 11.9. The van der Waals surface area contributed by atoms with Crippen molar-refractivity contribution in [3.63, 3.8) is 0 Å². The van der Waals surface area contributed by atoms with E-state index in [0.29, 0.717) is 0 Å². The largest absolute Gasteiger partial charge is 0.380 e. The van der Waals surface area contributed by atoms with Gasteiger partial charge in [-0.25, -0.2) is 0 Å². The molecule has 0 radical (unpaired) electrons. The summed E-state index contributed by atoms with van der Waals surface area (Å²) in [6.45, 7) is 5.69. The molecule has 0 unspecified atom stereocenters. The average molecular weight is 250 g/mol. The van der Waals surface area contributed by atoms with Crippen molar-refractivity contribution >= 4 is 5.69 Å². The Bertz CT molecular complexity index is 309. The van der Waals surface area contributed by atoms with E-state index in [0.717, 1.165) is 32.7 Å². The summed E-state index contributed by atoms with van der Waals surface area (Å²) in [6.07, 6.45) is 2.36. The van der Waals surface area contributed by atoms with Crippen LogP contribution < -0.4 is 10.2 Å². The highest BCUT2D eigenvalue weighted by Crippen LogP contribution is 2.11. The second-order valence-electron chi connectivity index (χ2n) is 4.70. The van der Waals surface area contributed by atoms with E-state index in [9.17, 15) is 0 Å². The van der Waals surface area contributed by atoms with Gasteiger partial charge in [0.05, 0.1) is 6.61 Å². The third-order valence-electron chi connectivity index (χ3n) is 2.85. The standard InChI is InChI=1S/C15H26N2O/c1-4-5-11-18-12-10-16-13-14-6-8-15(9-7-14)17(2)3/h6-9,16H,4-5,10-13H2,1-3H3. The molecule has 0 aliphatic rings. The first-order valence-corrected chi connectivity index (χ1v) is 6.78. The molecule has 1 aromatic carbocycles. The minimum absolute atomic E-state index is 0.801. The maximum Gasteiger partial charge on any atom is 0.0591 e. The quantitative estimate of drug-likeness (QED) is 0.682. The molecule has 0 aliphatic heterocycles. The number of benzene rings is 1. The van der Waals surface area contributed by atoms with E-state index in [4.69, 9.17) is 4.74 Å². The van der Waals surface area contributed by atoms with Gasteiger partial charge in [-0.2, -0.15) is 0 Å². The number of anilines is 1. The molecule has 1 rings (SSSR count). The summed E-state index contributed by atoms with van der Waals surface area (Å²) in [6, 6.07) is 8.63. The predicted octanol–water partition coefficient (Wildman–Crippen LogP) is 2.66. The van der Waals surface area contributed by atoms with Crippen LogP contribution in [0.3, 0.4) is 0 Å². The molecule has 1 aromatic rings. The van der Waals surface area contributed by atoms with Crippen LogP contribution in [0, 0.1) is 0 Å². The summed E-state index contributed by atoms with van der Waals surface area (Å²) >= 11 is 0. The van der Waals surface area contributed by atoms with Crippen molar-refractivity contribution in [1.82, 2.24) is 5.32 Å². The average Bonchev–Trinajstić information content (AvgIpc) is 2.38. The van der Waals surface area contributed by atoms with Gasteiger partial charge in [-0.3, -0.25) is 0 Å². The van der Waals surface area contributed by atoms with Gasteiger partial charge < -0.3 is 15.0 Å². The van der Waals surface area contributed by atoms with Crippen LogP contribution in [0.5, 0.6) is 0 Å². The van der Waals surface area contributed by atoms with Gasteiger partial charge in [0.1, 0.15) is 0 Å². The fraction of sp³-hybridized carbons (Fsp3) is 0.600. The number of hydrogen-bond acceptors (Lipinski definition) is 3. The Balaban J connectivity index is 2.12. The lowest BCUT2D eigenvalue weighted by Crippen LogP contribution is -2.19. The number of unbranched alkanes of at least 4 members (excludes halogenated alkanes) is 1. The van der Waals surface area contributed by atoms with E-state index in [2.05, 4.69) is 55.5 Å². The second kappa shape index (κ2) is 8.95. The van der Waals surface area contributed by atoms with E-state index < -0.39 is 0 Å². The molecule has 1 N–H and O–H groups in total. The highest BCUT2D eigenvalue weighted by molar-refractivity contribution is 5.45. The number of hydrogen-bond donors (Lipinski definition) is 1. The Morgan fingerprint density at radius 3 is 2.44 bits per heavy atom. The molecule has 0 saturated carbocycles. The molecule has 0 aliphatic carbocycles. The van der Waals surface area contributed by atoms with Gasteiger partial charge in [0.15, 0.2) is 0 Å². The zero-order chi connectivity index (χ0) is 13.2. The van der Waals surface area contributed by atoms with Gasteiger partial charge in [0.2, 0.25) is 0 Å². The number of ether oxygens (including phenoxy) is 1. The highest BCUT2D eigenvalue weighted by atomic mass is 16.5. The van der Waals surface area contributed by atoms with Gasteiger partial charge in [-0.05, 0) is 24.1 Å². The molecule has 0 spiro atoms. The summed E-state index contributed by atoms with van der Waals surface area (Å²) in [5.41, 5.74) is 2.55. The maximum absolute atomic E-state index is 5.49. The van der Waals surface area contributed by atoms with Gasteiger partial charge in [0.25, 0.3) is 0 Å². The Morgan fingerprint density at radius 2 is 1.83 bits per heavy atom. The van der Waals surface area contributed by atoms with Gasteiger partial charge in [-0.15, -0.1) is 0 Å². The SMILES string of the molecule is CCCCOCCNCc1ccc(N(C)C)cc1. The summed E-state index contributed by atoms with van der Waals surface area (Å²) in [7, 11) is 4.11. The van der Waals surface area contributed by atoms with Crippen LogP contribution in [0.25, 0.3) is 0 Å². The second-order valence-corrected chi connectivity index (χ2v) is 4.70. The monoisotopic (exact) mass is 250 g/mol. The van der Waals surface area contributed by atoms with E-state index in [1.54, 1.807) is 0 Å². The molecule has 18 heavy (non-hydrogen) atoms. The van der Waals surface area contributed by atoms with Crippen LogP contribution in [-0.2, 0) is 11.3 Å². The van der Waals surface area contributed by atoms with Crippen LogP contribution >= 0.6 is 0 Å². The van der Waals surface area contributed by atoms with Gasteiger partial charge in [0, 0.05) is 39.5 Å². The van der Waals surface area contributed by atoms with E-state index >= 15 is 0 Å². The molecule has 0 fully saturated rings. The first-order valence-electron chi connectivity index (χ1n) is 6.78. The molecule has 0 saturated heterocycles. The van der Waals surface area contributed by atoms with Crippen LogP contribution in [0.4, 0.5) is 5.69 Å². The van der Waals surface area contributed by atoms with Crippen molar-refractivity contribution < 1.29 is 4.74 Å². The molecule has 102 valence electrons. The van der Waals surface area contributed by atoms with Crippen LogP contribution in [0.15, 0.2) is 24.3 Å². The number of nitrogens with zero attached hydrogens (tertiary/aromatic N) is 1. The zero-order valence-corrected chi connectivity index (χ0v) is 11.9. The first-order chi connectivity index (χ1) is 8.74. The molecule has 0 atom stereocenters. The minimum atomic E-state index is 0.801. The summed E-state index contributed by atoms with van der Waals surface area (Å²) in [4.78, 5) is 2.11. The van der Waals surface area contributed by atoms with E-state index in [-0.39, 0.29) is 0 Å². The maximum atomic E-state index is 5.49. The topological polar surface area (TPSA) is 24.5 Å². The molecule has 3 heteroatoms. The normalized spacial score (nSPS) is 10.6. The highest BCUT2D eigenvalue weighted by Gasteiger charge is 1.96. The lowest BCUT2D eigenvalue weighted by molar-refractivity contribution is 0.133. The molecule has 0 heterocycles. The van der Waals surface area contributed by atoms with Gasteiger partial charge >= 0.3 is 0 Å². The molecular formula is C15H26N2O. The third-order valence-corrected chi connectivity index (χ3v) is 2.85. The molecule has 3 nitrogen and oxygen atoms in total. The first kappa shape index (κ1) is 15.0. The smallest absolute Gasteiger partial charge is 0.0591 e. The van der Waals surface area contributed by atoms with Crippen molar-refractivity contribution in [1.29, 1.82) is 0 Å². The van der Waals surface area contributed by atoms with Gasteiger partial charge in [-0.1, -0.05) is 25.5 Å². The Morgan fingerprint density at radius 1 is 1.11 bits per heavy atom. The van der Waals surface area contributed by atoms with Crippen molar-refractivity contribution in [2.24, 2.45) is 0 Å². The lowest BCUT2D eigenvalue weighted by Gasteiger charge is -2.13. The molecule has 0 aromatic heterocycles. The Kier molecular flexibility index (Phi) is 7.46. The third kappa shape index (κ3) is 6.03. The molecular weight excluding hydrogens is 224 g/mol. The summed E-state index contributed by atoms with van der Waals surface area (Å²) in [5, 5.41) is 3.39. The van der Waals surface area contributed by atoms with Crippen molar-refractivity contribution in [2.45, 2.75) is 26.3 Å². The van der Waals surface area contributed by atoms with Crippen LogP contribution in [-0.4, -0.2) is 33.9 Å². The minimum Gasteiger partial charge on any atom is -0.380 e. The van der Waals surface area contributed by atoms with Crippen LogP contribution in [0.2, 0.25) is 0 Å². The van der Waals surface area contributed by atoms with Crippen molar-refractivity contribution in [3.8, 4) is 0 Å². The Hall–Kier alpha value is -1.06. The predicted molar refractivity (Wildman–Crippen MR) is 78.2 cm³/mol. The summed E-state index contributed by atoms with van der Waals surface area (Å²) < 4.78 is 5.49. The molecule has 0 amide bonds. The van der Waals surface area contributed by atoms with Crippen molar-refractivity contribution in [3.05, 3.63) is 29.8 Å². The fourth-order valence-electron chi connectivity index (χ4n) is 1.64. The van der Waals surface area contributed by atoms with Crippen molar-refractivity contribution in [2.75, 3.05) is 38.8 Å². The lowest BCUT2D eigenvalue weighted by atomic mass is 10.2. The fourth-order valence-corrected chi connectivity index (χ4v) is 1.64. The number of nitrogens with one attached hydrogen (secondary N) is 1. The Labute approximate surface area is 111 Å². The van der Waals surface area contributed by atoms with E-state index in [1.165, 1.54) is 17.7 Å². The van der Waals surface area contributed by atoms with Crippen LogP contribution in [0.1, 0.15) is 25.3 Å².